The Morgan fingerprint density at radius 2 is 1.74 bits per heavy atom. The van der Waals surface area contributed by atoms with Gasteiger partial charge in [-0.15, -0.1) is 11.6 Å². The summed E-state index contributed by atoms with van der Waals surface area (Å²) in [6, 6.07) is -1.20. The van der Waals surface area contributed by atoms with Crippen molar-refractivity contribution in [3.05, 3.63) is 16.1 Å². The van der Waals surface area contributed by atoms with E-state index in [1.807, 2.05) is 0 Å². The summed E-state index contributed by atoms with van der Waals surface area (Å²) in [5.74, 6) is -13.1. The van der Waals surface area contributed by atoms with E-state index >= 15 is 0 Å². The van der Waals surface area contributed by atoms with E-state index in [1.165, 1.54) is 19.0 Å². The normalized spacial score (nSPS) is 30.0. The first-order valence-electron chi connectivity index (χ1n) is 12.1. The number of Topliss-reactive ketones (excluding diaryl/α,β-unsaturated/α-hetero) is 4. The van der Waals surface area contributed by atoms with Crippen LogP contribution in [0.4, 0.5) is 11.4 Å². The van der Waals surface area contributed by atoms with Gasteiger partial charge < -0.3 is 26.2 Å². The fourth-order valence-corrected chi connectivity index (χ4v) is 6.93. The topological polar surface area (TPSA) is 187 Å². The van der Waals surface area contributed by atoms with E-state index in [2.05, 4.69) is 5.32 Å². The Labute approximate surface area is 233 Å². The van der Waals surface area contributed by atoms with E-state index in [9.17, 15) is 39.0 Å². The Balaban J connectivity index is 1.93. The van der Waals surface area contributed by atoms with Gasteiger partial charge in [0, 0.05) is 20.0 Å². The SMILES string of the molecule is CN(C)c1c(Cl)c(NC(=O)CCl)c(O)c2c1CC1CC3C(N(C)C)C(=O)C(C(N)=O)C(=O)C3(O)C(=O)C1C2=O. The van der Waals surface area contributed by atoms with Crippen LogP contribution in [-0.2, 0) is 30.4 Å². The summed E-state index contributed by atoms with van der Waals surface area (Å²) in [6.07, 6.45) is -0.0732. The number of rotatable bonds is 5. The lowest BCUT2D eigenvalue weighted by Gasteiger charge is -2.52. The fraction of sp³-hybridized carbons (Fsp3) is 0.520. The van der Waals surface area contributed by atoms with E-state index in [-0.39, 0.29) is 29.1 Å². The minimum absolute atomic E-state index is 0.0242. The fourth-order valence-electron chi connectivity index (χ4n) is 6.44. The molecule has 12 nitrogen and oxygen atoms in total. The highest BCUT2D eigenvalue weighted by Gasteiger charge is 2.69. The third-order valence-corrected chi connectivity index (χ3v) is 8.59. The number of halogens is 2. The van der Waals surface area contributed by atoms with Crippen molar-refractivity contribution >= 4 is 69.5 Å². The average Bonchev–Trinajstić information content (AvgIpc) is 2.83. The van der Waals surface area contributed by atoms with Gasteiger partial charge in [-0.3, -0.25) is 33.7 Å². The number of anilines is 2. The van der Waals surface area contributed by atoms with Crippen LogP contribution in [0.1, 0.15) is 22.3 Å². The summed E-state index contributed by atoms with van der Waals surface area (Å²) < 4.78 is 0. The molecule has 4 rings (SSSR count). The van der Waals surface area contributed by atoms with Crippen LogP contribution in [0.3, 0.4) is 0 Å². The second kappa shape index (κ2) is 9.84. The van der Waals surface area contributed by atoms with Gasteiger partial charge in [-0.05, 0) is 38.4 Å². The van der Waals surface area contributed by atoms with Crippen molar-refractivity contribution in [2.45, 2.75) is 24.5 Å². The number of nitrogens with zero attached hydrogens (tertiary/aromatic N) is 2. The molecule has 1 aromatic carbocycles. The molecule has 0 aliphatic heterocycles. The molecule has 2 fully saturated rings. The molecule has 0 bridgehead atoms. The Bertz CT molecular complexity index is 1350. The van der Waals surface area contributed by atoms with Crippen molar-refractivity contribution in [2.75, 3.05) is 44.3 Å². The van der Waals surface area contributed by atoms with Crippen molar-refractivity contribution < 1.29 is 39.0 Å². The Hall–Kier alpha value is -3.06. The summed E-state index contributed by atoms with van der Waals surface area (Å²) in [4.78, 5) is 81.5. The van der Waals surface area contributed by atoms with Crippen molar-refractivity contribution in [3.63, 3.8) is 0 Å². The molecule has 39 heavy (non-hydrogen) atoms. The van der Waals surface area contributed by atoms with Gasteiger partial charge in [0.15, 0.2) is 40.4 Å². The third kappa shape index (κ3) is 4.03. The van der Waals surface area contributed by atoms with Gasteiger partial charge in [-0.2, -0.15) is 0 Å². The van der Waals surface area contributed by atoms with Crippen LogP contribution in [0.2, 0.25) is 5.02 Å². The minimum atomic E-state index is -2.83. The average molecular weight is 583 g/mol. The van der Waals surface area contributed by atoms with Crippen molar-refractivity contribution in [1.29, 1.82) is 0 Å². The van der Waals surface area contributed by atoms with Crippen LogP contribution in [0.5, 0.6) is 5.75 Å². The maximum Gasteiger partial charge on any atom is 0.239 e. The second-order valence-electron chi connectivity index (χ2n) is 10.6. The first-order valence-corrected chi connectivity index (χ1v) is 13.0. The summed E-state index contributed by atoms with van der Waals surface area (Å²) in [5.41, 5.74) is 2.53. The minimum Gasteiger partial charge on any atom is -0.505 e. The molecule has 1 aromatic rings. The molecule has 2 amide bonds. The number of ketones is 4. The molecule has 0 saturated heterocycles. The van der Waals surface area contributed by atoms with Crippen LogP contribution in [-0.4, -0.2) is 95.8 Å². The first kappa shape index (κ1) is 28.9. The van der Waals surface area contributed by atoms with Gasteiger partial charge in [-0.1, -0.05) is 11.6 Å². The standard InChI is InChI=1S/C25H28Cl2N4O8/c1-30(2)17-9-5-8-6-10-18(31(3)4)21(35)14(24(28)38)23(37)25(10,39)22(36)12(8)19(33)13(9)20(34)16(15(17)27)29-11(32)7-26/h8,10,12,14,18,34,39H,5-7H2,1-4H3,(H2,28,38)(H,29,32). The monoisotopic (exact) mass is 582 g/mol. The predicted molar refractivity (Wildman–Crippen MR) is 140 cm³/mol. The highest BCUT2D eigenvalue weighted by Crippen LogP contribution is 2.54. The van der Waals surface area contributed by atoms with E-state index in [0.717, 1.165) is 0 Å². The second-order valence-corrected chi connectivity index (χ2v) is 11.3. The zero-order valence-electron chi connectivity index (χ0n) is 21.6. The van der Waals surface area contributed by atoms with E-state index in [4.69, 9.17) is 28.9 Å². The Kier molecular flexibility index (Phi) is 7.30. The number of likely N-dealkylation sites (N-methyl/N-ethyl adjacent to an activating group) is 1. The molecule has 3 aliphatic carbocycles. The van der Waals surface area contributed by atoms with Gasteiger partial charge in [0.2, 0.25) is 11.8 Å². The van der Waals surface area contributed by atoms with Crippen LogP contribution in [0.15, 0.2) is 0 Å². The smallest absolute Gasteiger partial charge is 0.239 e. The van der Waals surface area contributed by atoms with Gasteiger partial charge in [0.05, 0.1) is 28.2 Å². The molecule has 0 radical (unpaired) electrons. The highest BCUT2D eigenvalue weighted by molar-refractivity contribution is 6.39. The Morgan fingerprint density at radius 3 is 2.26 bits per heavy atom. The summed E-state index contributed by atoms with van der Waals surface area (Å²) in [6.45, 7) is 0. The van der Waals surface area contributed by atoms with Crippen molar-refractivity contribution in [3.8, 4) is 5.75 Å². The van der Waals surface area contributed by atoms with E-state index in [0.29, 0.717) is 11.3 Å². The highest BCUT2D eigenvalue weighted by atomic mass is 35.5. The molecular weight excluding hydrogens is 555 g/mol. The van der Waals surface area contributed by atoms with E-state index < -0.39 is 81.9 Å². The number of hydrogen-bond acceptors (Lipinski definition) is 10. The third-order valence-electron chi connectivity index (χ3n) is 7.98. The molecule has 5 N–H and O–H groups in total. The molecule has 0 spiro atoms. The lowest BCUT2D eigenvalue weighted by Crippen LogP contribution is -2.74. The molecule has 210 valence electrons. The van der Waals surface area contributed by atoms with Crippen LogP contribution >= 0.6 is 23.2 Å². The molecule has 0 heterocycles. The number of amides is 2. The van der Waals surface area contributed by atoms with Crippen LogP contribution < -0.4 is 16.0 Å². The zero-order chi connectivity index (χ0) is 29.3. The number of primary amides is 1. The number of carbonyl (C=O) groups is 6. The number of nitrogens with two attached hydrogens (primary N) is 1. The molecule has 3 aliphatic rings. The van der Waals surface area contributed by atoms with Crippen molar-refractivity contribution in [2.24, 2.45) is 29.4 Å². The number of alkyl halides is 1. The van der Waals surface area contributed by atoms with Gasteiger partial charge in [-0.25, -0.2) is 0 Å². The number of aliphatic hydroxyl groups is 1. The number of aromatic hydroxyl groups is 1. The largest absolute Gasteiger partial charge is 0.505 e. The maximum atomic E-state index is 13.9. The summed E-state index contributed by atoms with van der Waals surface area (Å²) in [7, 11) is 6.29. The number of fused-ring (bicyclic) bond motifs is 3. The number of carbonyl (C=O) groups excluding carboxylic acids is 6. The lowest BCUT2D eigenvalue weighted by molar-refractivity contribution is -0.181. The number of nitrogens with one attached hydrogen (secondary N) is 1. The Morgan fingerprint density at radius 1 is 1.13 bits per heavy atom. The maximum absolute atomic E-state index is 13.9. The van der Waals surface area contributed by atoms with Gasteiger partial charge in [0.1, 0.15) is 11.6 Å². The molecule has 0 aromatic heterocycles. The van der Waals surface area contributed by atoms with Crippen LogP contribution in [0, 0.1) is 23.7 Å². The molecule has 6 unspecified atom stereocenters. The number of phenolic OH excluding ortho intramolecular Hbond substituents is 1. The first-order chi connectivity index (χ1) is 18.1. The lowest BCUT2D eigenvalue weighted by atomic mass is 9.52. The summed E-state index contributed by atoms with van der Waals surface area (Å²) >= 11 is 12.1. The molecule has 14 heteroatoms. The molecule has 2 saturated carbocycles. The van der Waals surface area contributed by atoms with Gasteiger partial charge >= 0.3 is 0 Å². The van der Waals surface area contributed by atoms with Gasteiger partial charge in [0.25, 0.3) is 0 Å². The number of benzene rings is 1. The number of phenols is 1. The van der Waals surface area contributed by atoms with E-state index in [1.54, 1.807) is 19.0 Å². The zero-order valence-corrected chi connectivity index (χ0v) is 23.1. The predicted octanol–water partition coefficient (Wildman–Crippen LogP) is -0.236. The molecular formula is C25H28Cl2N4O8. The number of hydrogen-bond donors (Lipinski definition) is 4. The quantitative estimate of drug-likeness (QED) is 0.205. The van der Waals surface area contributed by atoms with Crippen LogP contribution in [0.25, 0.3) is 0 Å². The summed E-state index contributed by atoms with van der Waals surface area (Å²) in [5, 5.41) is 25.0. The molecule has 6 atom stereocenters. The van der Waals surface area contributed by atoms with Crippen molar-refractivity contribution in [1.82, 2.24) is 4.90 Å².